The number of hydrogen-bond acceptors (Lipinski definition) is 5. The molecule has 5 rings (SSSR count). The summed E-state index contributed by atoms with van der Waals surface area (Å²) >= 11 is 1.66. The SMILES string of the molecule is CC1=C(c2nc(-c3cccc(C)c3)no2)C(c2cccc(F)c2)NC(=O)N1CCc1cccs1. The Labute approximate surface area is 200 Å². The van der Waals surface area contributed by atoms with Gasteiger partial charge in [-0.1, -0.05) is 47.1 Å². The number of aryl methyl sites for hydroxylation is 1. The summed E-state index contributed by atoms with van der Waals surface area (Å²) < 4.78 is 19.8. The summed E-state index contributed by atoms with van der Waals surface area (Å²) in [4.78, 5) is 20.6. The lowest BCUT2D eigenvalue weighted by atomic mass is 9.94. The second-order valence-corrected chi connectivity index (χ2v) is 9.24. The van der Waals surface area contributed by atoms with Crippen LogP contribution in [0.3, 0.4) is 0 Å². The number of benzene rings is 2. The van der Waals surface area contributed by atoms with Crippen LogP contribution in [0.1, 0.15) is 34.9 Å². The molecule has 2 aromatic heterocycles. The van der Waals surface area contributed by atoms with Gasteiger partial charge in [-0.05, 0) is 55.5 Å². The van der Waals surface area contributed by atoms with E-state index in [9.17, 15) is 9.18 Å². The molecule has 1 unspecified atom stereocenters. The molecule has 0 fully saturated rings. The number of thiophene rings is 1. The zero-order valence-corrected chi connectivity index (χ0v) is 19.6. The van der Waals surface area contributed by atoms with E-state index in [0.29, 0.717) is 35.1 Å². The van der Waals surface area contributed by atoms with Crippen molar-refractivity contribution in [3.63, 3.8) is 0 Å². The minimum atomic E-state index is -0.619. The Morgan fingerprint density at radius 3 is 2.74 bits per heavy atom. The summed E-state index contributed by atoms with van der Waals surface area (Å²) in [6.07, 6.45) is 0.721. The van der Waals surface area contributed by atoms with Crippen LogP contribution in [0.5, 0.6) is 0 Å². The second-order valence-electron chi connectivity index (χ2n) is 8.21. The summed E-state index contributed by atoms with van der Waals surface area (Å²) in [6.45, 7) is 4.36. The molecule has 0 spiro atoms. The zero-order valence-electron chi connectivity index (χ0n) is 18.8. The number of nitrogens with one attached hydrogen (secondary N) is 1. The first-order valence-corrected chi connectivity index (χ1v) is 11.9. The number of rotatable bonds is 6. The summed E-state index contributed by atoms with van der Waals surface area (Å²) in [5.41, 5.74) is 3.89. The molecular weight excluding hydrogens is 451 g/mol. The molecule has 172 valence electrons. The third-order valence-electron chi connectivity index (χ3n) is 5.87. The number of hydrogen-bond donors (Lipinski definition) is 1. The van der Waals surface area contributed by atoms with Gasteiger partial charge in [-0.2, -0.15) is 4.98 Å². The van der Waals surface area contributed by atoms with Gasteiger partial charge < -0.3 is 9.84 Å². The molecule has 0 aliphatic carbocycles. The van der Waals surface area contributed by atoms with Gasteiger partial charge in [0.05, 0.1) is 11.6 Å². The zero-order chi connectivity index (χ0) is 23.7. The molecule has 0 saturated carbocycles. The van der Waals surface area contributed by atoms with E-state index in [1.807, 2.05) is 55.6 Å². The maximum absolute atomic E-state index is 14.1. The molecule has 1 aliphatic rings. The minimum absolute atomic E-state index is 0.245. The number of nitrogens with zero attached hydrogens (tertiary/aromatic N) is 3. The number of allylic oxidation sites excluding steroid dienone is 1. The van der Waals surface area contributed by atoms with Crippen LogP contribution >= 0.6 is 11.3 Å². The van der Waals surface area contributed by atoms with Gasteiger partial charge >= 0.3 is 6.03 Å². The van der Waals surface area contributed by atoms with Crippen LogP contribution in [0.15, 0.2) is 76.3 Å². The molecule has 0 bridgehead atoms. The highest BCUT2D eigenvalue weighted by Gasteiger charge is 2.35. The monoisotopic (exact) mass is 474 g/mol. The first-order valence-electron chi connectivity index (χ1n) is 11.0. The number of halogens is 1. The van der Waals surface area contributed by atoms with Crippen molar-refractivity contribution >= 4 is 22.9 Å². The smallest absolute Gasteiger partial charge is 0.322 e. The van der Waals surface area contributed by atoms with Crippen LogP contribution in [0.25, 0.3) is 17.0 Å². The van der Waals surface area contributed by atoms with Crippen molar-refractivity contribution < 1.29 is 13.7 Å². The molecule has 1 N–H and O–H groups in total. The Bertz CT molecular complexity index is 1360. The first kappa shape index (κ1) is 22.0. The first-order chi connectivity index (χ1) is 16.5. The van der Waals surface area contributed by atoms with Crippen LogP contribution in [0, 0.1) is 12.7 Å². The third kappa shape index (κ3) is 4.36. The molecule has 2 aromatic carbocycles. The molecule has 3 heterocycles. The Morgan fingerprint density at radius 2 is 1.97 bits per heavy atom. The maximum atomic E-state index is 14.1. The normalized spacial score (nSPS) is 16.1. The van der Waals surface area contributed by atoms with Crippen LogP contribution in [-0.4, -0.2) is 27.6 Å². The lowest BCUT2D eigenvalue weighted by molar-refractivity contribution is 0.205. The molecule has 2 amide bonds. The van der Waals surface area contributed by atoms with Crippen molar-refractivity contribution in [2.75, 3.05) is 6.54 Å². The second kappa shape index (κ2) is 9.23. The van der Waals surface area contributed by atoms with E-state index in [2.05, 4.69) is 15.5 Å². The lowest BCUT2D eigenvalue weighted by Gasteiger charge is -2.35. The van der Waals surface area contributed by atoms with E-state index >= 15 is 0 Å². The topological polar surface area (TPSA) is 71.3 Å². The number of aromatic nitrogens is 2. The van der Waals surface area contributed by atoms with Gasteiger partial charge in [0.1, 0.15) is 5.82 Å². The number of amides is 2. The van der Waals surface area contributed by atoms with Crippen molar-refractivity contribution in [2.45, 2.75) is 26.3 Å². The molecule has 8 heteroatoms. The van der Waals surface area contributed by atoms with E-state index in [4.69, 9.17) is 4.52 Å². The van der Waals surface area contributed by atoms with Gasteiger partial charge in [0.15, 0.2) is 0 Å². The molecule has 1 atom stereocenters. The molecule has 0 radical (unpaired) electrons. The Balaban J connectivity index is 1.56. The van der Waals surface area contributed by atoms with Gasteiger partial charge in [0.25, 0.3) is 5.89 Å². The van der Waals surface area contributed by atoms with Gasteiger partial charge in [-0.25, -0.2) is 9.18 Å². The van der Waals surface area contributed by atoms with Gasteiger partial charge in [0, 0.05) is 22.7 Å². The van der Waals surface area contributed by atoms with Crippen LogP contribution in [0.4, 0.5) is 9.18 Å². The maximum Gasteiger partial charge on any atom is 0.322 e. The summed E-state index contributed by atoms with van der Waals surface area (Å²) in [5, 5.41) is 9.22. The largest absolute Gasteiger partial charge is 0.334 e. The predicted octanol–water partition coefficient (Wildman–Crippen LogP) is 5.99. The molecule has 4 aromatic rings. The lowest BCUT2D eigenvalue weighted by Crippen LogP contribution is -2.46. The van der Waals surface area contributed by atoms with Crippen molar-refractivity contribution in [1.29, 1.82) is 0 Å². The molecule has 34 heavy (non-hydrogen) atoms. The van der Waals surface area contributed by atoms with E-state index < -0.39 is 6.04 Å². The summed E-state index contributed by atoms with van der Waals surface area (Å²) in [5.74, 6) is 0.373. The number of urea groups is 1. The average Bonchev–Trinajstić information content (AvgIpc) is 3.51. The fourth-order valence-electron chi connectivity index (χ4n) is 4.17. The highest BCUT2D eigenvalue weighted by atomic mass is 32.1. The fourth-order valence-corrected chi connectivity index (χ4v) is 4.87. The van der Waals surface area contributed by atoms with Crippen molar-refractivity contribution in [3.05, 3.63) is 99.5 Å². The van der Waals surface area contributed by atoms with Crippen LogP contribution < -0.4 is 5.32 Å². The predicted molar refractivity (Wildman–Crippen MR) is 129 cm³/mol. The van der Waals surface area contributed by atoms with Gasteiger partial charge in [0.2, 0.25) is 5.82 Å². The van der Waals surface area contributed by atoms with E-state index in [0.717, 1.165) is 17.5 Å². The van der Waals surface area contributed by atoms with Crippen molar-refractivity contribution in [1.82, 2.24) is 20.4 Å². The van der Waals surface area contributed by atoms with Crippen LogP contribution in [0.2, 0.25) is 0 Å². The highest BCUT2D eigenvalue weighted by molar-refractivity contribution is 7.09. The van der Waals surface area contributed by atoms with E-state index in [1.165, 1.54) is 17.0 Å². The van der Waals surface area contributed by atoms with Crippen LogP contribution in [-0.2, 0) is 6.42 Å². The number of carbonyl (C=O) groups is 1. The Hall–Kier alpha value is -3.78. The number of carbonyl (C=O) groups excluding carboxylic acids is 1. The van der Waals surface area contributed by atoms with Crippen molar-refractivity contribution in [2.24, 2.45) is 0 Å². The van der Waals surface area contributed by atoms with E-state index in [-0.39, 0.29) is 11.8 Å². The molecule has 0 saturated heterocycles. The minimum Gasteiger partial charge on any atom is -0.334 e. The van der Waals surface area contributed by atoms with E-state index in [1.54, 1.807) is 28.4 Å². The standard InChI is InChI=1S/C26H23FN4O2S/c1-16-6-3-8-19(14-16)24-29-25(33-30-24)22-17(2)31(12-11-21-10-5-13-34-21)26(32)28-23(22)18-7-4-9-20(27)15-18/h3-10,13-15,23H,11-12H2,1-2H3,(H,28,32). The molecule has 6 nitrogen and oxygen atoms in total. The Kier molecular flexibility index (Phi) is 5.98. The highest BCUT2D eigenvalue weighted by Crippen LogP contribution is 2.37. The molecule has 1 aliphatic heterocycles. The van der Waals surface area contributed by atoms with Crippen molar-refractivity contribution in [3.8, 4) is 11.4 Å². The van der Waals surface area contributed by atoms with Gasteiger partial charge in [-0.15, -0.1) is 11.3 Å². The quantitative estimate of drug-likeness (QED) is 0.373. The third-order valence-corrected chi connectivity index (χ3v) is 6.81. The summed E-state index contributed by atoms with van der Waals surface area (Å²) in [6, 6.07) is 17.2. The Morgan fingerprint density at radius 1 is 1.12 bits per heavy atom. The van der Waals surface area contributed by atoms with Gasteiger partial charge in [-0.3, -0.25) is 4.90 Å². The molecular formula is C26H23FN4O2S. The summed E-state index contributed by atoms with van der Waals surface area (Å²) in [7, 11) is 0. The fraction of sp³-hybridized carbons (Fsp3) is 0.192. The average molecular weight is 475 g/mol.